The predicted molar refractivity (Wildman–Crippen MR) is 112 cm³/mol. The smallest absolute Gasteiger partial charge is 0.465 e. The second-order valence-corrected chi connectivity index (χ2v) is 7.97. The van der Waals surface area contributed by atoms with E-state index >= 15 is 0 Å². The van der Waals surface area contributed by atoms with Gasteiger partial charge in [0.1, 0.15) is 0 Å². The van der Waals surface area contributed by atoms with Gasteiger partial charge in [-0.05, 0) is 18.9 Å². The fourth-order valence-corrected chi connectivity index (χ4v) is 4.13. The summed E-state index contributed by atoms with van der Waals surface area (Å²) in [7, 11) is 0. The molecule has 16 heteroatoms. The molecule has 36 heavy (non-hydrogen) atoms. The quantitative estimate of drug-likeness (QED) is 0.556. The van der Waals surface area contributed by atoms with Crippen LogP contribution in [0.4, 0.5) is 34.3 Å². The van der Waals surface area contributed by atoms with Gasteiger partial charge in [-0.2, -0.15) is 17.9 Å². The van der Waals surface area contributed by atoms with Crippen molar-refractivity contribution in [1.82, 2.24) is 19.7 Å². The Bertz CT molecular complexity index is 1220. The lowest BCUT2D eigenvalue weighted by Gasteiger charge is -2.35. The van der Waals surface area contributed by atoms with E-state index in [-0.39, 0.29) is 61.8 Å². The summed E-state index contributed by atoms with van der Waals surface area (Å²) in [4.78, 5) is 53.6. The maximum absolute atomic E-state index is 13.5. The molecule has 3 N–H and O–H groups in total. The zero-order valence-corrected chi connectivity index (χ0v) is 18.4. The molecule has 3 amide bonds. The molecule has 2 aromatic rings. The number of nitrogens with zero attached hydrogens (tertiary/aromatic N) is 5. The van der Waals surface area contributed by atoms with Crippen molar-refractivity contribution in [2.45, 2.75) is 38.1 Å². The molecule has 0 aromatic carbocycles. The van der Waals surface area contributed by atoms with Gasteiger partial charge in [0.2, 0.25) is 0 Å². The van der Waals surface area contributed by atoms with Crippen molar-refractivity contribution in [3.05, 3.63) is 35.3 Å². The number of carbonyl (C=O) groups is 4. The van der Waals surface area contributed by atoms with Gasteiger partial charge in [-0.3, -0.25) is 24.4 Å². The summed E-state index contributed by atoms with van der Waals surface area (Å²) in [5.41, 5.74) is -0.603. The average molecular weight is 512 g/mol. The normalized spacial score (nSPS) is 15.9. The Kier molecular flexibility index (Phi) is 6.53. The van der Waals surface area contributed by atoms with E-state index in [1.54, 1.807) is 0 Å². The molecule has 0 aliphatic carbocycles. The zero-order valence-electron chi connectivity index (χ0n) is 18.4. The molecule has 0 unspecified atom stereocenters. The number of alkyl halides is 3. The van der Waals surface area contributed by atoms with E-state index in [0.29, 0.717) is 9.58 Å². The summed E-state index contributed by atoms with van der Waals surface area (Å²) >= 11 is 0. The van der Waals surface area contributed by atoms with E-state index in [9.17, 15) is 42.6 Å². The van der Waals surface area contributed by atoms with Crippen LogP contribution < -0.4 is 10.2 Å². The van der Waals surface area contributed by atoms with Gasteiger partial charge in [0, 0.05) is 31.0 Å². The maximum atomic E-state index is 13.5. The maximum Gasteiger partial charge on any atom is 0.471 e. The Balaban J connectivity index is 1.70. The molecule has 1 fully saturated rings. The topological polar surface area (TPSA) is 167 Å². The number of rotatable bonds is 4. The molecule has 4 heterocycles. The van der Waals surface area contributed by atoms with Crippen molar-refractivity contribution in [3.8, 4) is 0 Å². The number of carbonyl (C=O) groups excluding carboxylic acids is 2. The molecule has 4 rings (SSSR count). The first-order chi connectivity index (χ1) is 17.0. The van der Waals surface area contributed by atoms with E-state index in [0.717, 1.165) is 23.4 Å². The molecular formula is C20H19F3N6O7. The first-order valence-electron chi connectivity index (χ1n) is 10.5. The van der Waals surface area contributed by atoms with Crippen LogP contribution in [0.5, 0.6) is 0 Å². The number of pyridine rings is 1. The minimum atomic E-state index is -5.23. The molecule has 192 valence electrons. The molecule has 2 aliphatic rings. The van der Waals surface area contributed by atoms with Crippen LogP contribution in [0.3, 0.4) is 0 Å². The van der Waals surface area contributed by atoms with Gasteiger partial charge < -0.3 is 20.3 Å². The highest BCUT2D eigenvalue weighted by Gasteiger charge is 2.46. The lowest BCUT2D eigenvalue weighted by Crippen LogP contribution is -2.50. The third-order valence-electron chi connectivity index (χ3n) is 5.78. The molecule has 0 spiro atoms. The summed E-state index contributed by atoms with van der Waals surface area (Å²) in [6, 6.07) is 0.196. The fourth-order valence-electron chi connectivity index (χ4n) is 4.13. The van der Waals surface area contributed by atoms with Gasteiger partial charge in [-0.25, -0.2) is 9.59 Å². The second-order valence-electron chi connectivity index (χ2n) is 7.97. The van der Waals surface area contributed by atoms with E-state index in [1.807, 2.05) is 0 Å². The van der Waals surface area contributed by atoms with E-state index in [1.165, 1.54) is 0 Å². The third kappa shape index (κ3) is 4.66. The van der Waals surface area contributed by atoms with Crippen molar-refractivity contribution in [2.75, 3.05) is 23.4 Å². The van der Waals surface area contributed by atoms with Crippen LogP contribution in [-0.2, 0) is 22.6 Å². The van der Waals surface area contributed by atoms with Gasteiger partial charge in [-0.15, -0.1) is 5.10 Å². The van der Waals surface area contributed by atoms with Crippen molar-refractivity contribution < 1.29 is 47.3 Å². The van der Waals surface area contributed by atoms with Crippen LogP contribution in [0.1, 0.15) is 34.5 Å². The standard InChI is InChI=1S/C20H19F3N6O7/c21-20(22,23)17(31)28(10-2-5-36-6-3-10)13-7-24-4-1-11(13)16(30)25-15-12-8-27(18(32)33)9-14(12)29(26-15)19(34)35/h1,4,7,10H,2-3,5-6,8-9H2,(H,32,33)(H,34,35)(H,25,26,30). The number of aromatic nitrogens is 3. The first-order valence-corrected chi connectivity index (χ1v) is 10.5. The molecule has 0 radical (unpaired) electrons. The molecular weight excluding hydrogens is 493 g/mol. The summed E-state index contributed by atoms with van der Waals surface area (Å²) in [5.74, 6) is -3.45. The van der Waals surface area contributed by atoms with Gasteiger partial charge >= 0.3 is 24.3 Å². The largest absolute Gasteiger partial charge is 0.471 e. The Morgan fingerprint density at radius 3 is 2.42 bits per heavy atom. The van der Waals surface area contributed by atoms with E-state index < -0.39 is 41.9 Å². The van der Waals surface area contributed by atoms with E-state index in [2.05, 4.69) is 15.4 Å². The number of halogens is 3. The third-order valence-corrected chi connectivity index (χ3v) is 5.78. The second kappa shape index (κ2) is 9.44. The summed E-state index contributed by atoms with van der Waals surface area (Å²) in [6.07, 6.45) is -5.78. The summed E-state index contributed by atoms with van der Waals surface area (Å²) < 4.78 is 46.2. The summed E-state index contributed by atoms with van der Waals surface area (Å²) in [5, 5.41) is 24.8. The van der Waals surface area contributed by atoms with Gasteiger partial charge in [0.25, 0.3) is 5.91 Å². The number of hydrogen-bond acceptors (Lipinski definition) is 7. The number of fused-ring (bicyclic) bond motifs is 1. The molecule has 2 aromatic heterocycles. The lowest BCUT2D eigenvalue weighted by molar-refractivity contribution is -0.171. The zero-order chi connectivity index (χ0) is 26.2. The molecule has 0 bridgehead atoms. The van der Waals surface area contributed by atoms with Crippen LogP contribution >= 0.6 is 0 Å². The van der Waals surface area contributed by atoms with Crippen LogP contribution in [0.25, 0.3) is 0 Å². The molecule has 0 atom stereocenters. The minimum Gasteiger partial charge on any atom is -0.465 e. The van der Waals surface area contributed by atoms with Crippen molar-refractivity contribution in [1.29, 1.82) is 0 Å². The number of anilines is 2. The summed E-state index contributed by atoms with van der Waals surface area (Å²) in [6.45, 7) is -0.324. The Morgan fingerprint density at radius 2 is 1.81 bits per heavy atom. The van der Waals surface area contributed by atoms with Gasteiger partial charge in [0.05, 0.1) is 36.2 Å². The van der Waals surface area contributed by atoms with Crippen molar-refractivity contribution >= 4 is 35.5 Å². The Morgan fingerprint density at radius 1 is 1.11 bits per heavy atom. The van der Waals surface area contributed by atoms with Crippen LogP contribution in [0.15, 0.2) is 18.5 Å². The first kappa shape index (κ1) is 24.9. The monoisotopic (exact) mass is 512 g/mol. The highest BCUT2D eigenvalue weighted by molar-refractivity contribution is 6.11. The van der Waals surface area contributed by atoms with Crippen LogP contribution in [0.2, 0.25) is 0 Å². The SMILES string of the molecule is O=C(Nc1nn(C(=O)O)c2c1CN(C(=O)O)C2)c1ccncc1N(C(=O)C(F)(F)F)C1CCOCC1. The fraction of sp³-hybridized carbons (Fsp3) is 0.400. The van der Waals surface area contributed by atoms with Crippen molar-refractivity contribution in [2.24, 2.45) is 0 Å². The Labute approximate surface area is 200 Å². The molecule has 2 aliphatic heterocycles. The number of ether oxygens (including phenoxy) is 1. The van der Waals surface area contributed by atoms with Crippen molar-refractivity contribution in [3.63, 3.8) is 0 Å². The molecule has 1 saturated heterocycles. The minimum absolute atomic E-state index is 0.0197. The number of hydrogen-bond donors (Lipinski definition) is 3. The number of nitrogens with one attached hydrogen (secondary N) is 1. The molecule has 13 nitrogen and oxygen atoms in total. The van der Waals surface area contributed by atoms with Crippen LogP contribution in [0, 0.1) is 0 Å². The van der Waals surface area contributed by atoms with Gasteiger partial charge in [-0.1, -0.05) is 0 Å². The van der Waals surface area contributed by atoms with Crippen LogP contribution in [-0.4, -0.2) is 79.3 Å². The van der Waals surface area contributed by atoms with E-state index in [4.69, 9.17) is 4.74 Å². The number of amides is 3. The number of carboxylic acid groups (broad SMARTS) is 2. The Hall–Kier alpha value is -4.21. The molecule has 0 saturated carbocycles. The lowest BCUT2D eigenvalue weighted by atomic mass is 10.0. The average Bonchev–Trinajstić information content (AvgIpc) is 3.40. The predicted octanol–water partition coefficient (Wildman–Crippen LogP) is 2.12. The highest BCUT2D eigenvalue weighted by atomic mass is 19.4. The van der Waals surface area contributed by atoms with Gasteiger partial charge in [0.15, 0.2) is 5.82 Å². The highest BCUT2D eigenvalue weighted by Crippen LogP contribution is 2.33.